The molecular formula is C26H24N2O3. The van der Waals surface area contributed by atoms with Crippen LogP contribution < -0.4 is 5.32 Å². The Hall–Kier alpha value is -3.73. The SMILES string of the molecule is C[C@@H](CNC(=O)[C@H](Cc1ccccc1)N1C(=O)c2ccccc2C1=O)c1ccccc1. The summed E-state index contributed by atoms with van der Waals surface area (Å²) in [6, 6.07) is 25.1. The molecule has 1 N–H and O–H groups in total. The van der Waals surface area contributed by atoms with E-state index in [4.69, 9.17) is 0 Å². The summed E-state index contributed by atoms with van der Waals surface area (Å²) in [6.45, 7) is 2.45. The number of fused-ring (bicyclic) bond motifs is 1. The van der Waals surface area contributed by atoms with Crippen LogP contribution in [0.2, 0.25) is 0 Å². The Kier molecular flexibility index (Phi) is 5.94. The van der Waals surface area contributed by atoms with E-state index in [0.717, 1.165) is 16.0 Å². The molecule has 31 heavy (non-hydrogen) atoms. The molecule has 3 aromatic rings. The van der Waals surface area contributed by atoms with E-state index in [-0.39, 0.29) is 18.2 Å². The quantitative estimate of drug-likeness (QED) is 0.600. The van der Waals surface area contributed by atoms with Crippen molar-refractivity contribution < 1.29 is 14.4 Å². The van der Waals surface area contributed by atoms with Gasteiger partial charge in [0, 0.05) is 13.0 Å². The summed E-state index contributed by atoms with van der Waals surface area (Å²) in [7, 11) is 0. The number of carbonyl (C=O) groups excluding carboxylic acids is 3. The van der Waals surface area contributed by atoms with Crippen LogP contribution >= 0.6 is 0 Å². The monoisotopic (exact) mass is 412 g/mol. The summed E-state index contributed by atoms with van der Waals surface area (Å²) in [4.78, 5) is 40.4. The largest absolute Gasteiger partial charge is 0.354 e. The molecule has 0 saturated carbocycles. The highest BCUT2D eigenvalue weighted by Gasteiger charge is 2.42. The van der Waals surface area contributed by atoms with Crippen LogP contribution in [0.4, 0.5) is 0 Å². The highest BCUT2D eigenvalue weighted by atomic mass is 16.2. The van der Waals surface area contributed by atoms with Crippen LogP contribution in [-0.4, -0.2) is 35.2 Å². The molecule has 2 atom stereocenters. The third-order valence-corrected chi connectivity index (χ3v) is 5.66. The van der Waals surface area contributed by atoms with Gasteiger partial charge in [-0.05, 0) is 29.2 Å². The molecule has 0 fully saturated rings. The van der Waals surface area contributed by atoms with E-state index in [1.54, 1.807) is 24.3 Å². The van der Waals surface area contributed by atoms with Crippen molar-refractivity contribution >= 4 is 17.7 Å². The lowest BCUT2D eigenvalue weighted by Gasteiger charge is -2.26. The van der Waals surface area contributed by atoms with Gasteiger partial charge < -0.3 is 5.32 Å². The van der Waals surface area contributed by atoms with Gasteiger partial charge in [-0.25, -0.2) is 0 Å². The van der Waals surface area contributed by atoms with E-state index in [0.29, 0.717) is 17.7 Å². The molecule has 0 aliphatic carbocycles. The summed E-state index contributed by atoms with van der Waals surface area (Å²) in [5, 5.41) is 2.96. The molecule has 0 aromatic heterocycles. The zero-order valence-electron chi connectivity index (χ0n) is 17.3. The van der Waals surface area contributed by atoms with E-state index in [9.17, 15) is 14.4 Å². The van der Waals surface area contributed by atoms with Crippen LogP contribution in [-0.2, 0) is 11.2 Å². The highest BCUT2D eigenvalue weighted by Crippen LogP contribution is 2.26. The van der Waals surface area contributed by atoms with Crippen molar-refractivity contribution in [2.75, 3.05) is 6.54 Å². The number of nitrogens with one attached hydrogen (secondary N) is 1. The smallest absolute Gasteiger partial charge is 0.262 e. The molecule has 3 amide bonds. The van der Waals surface area contributed by atoms with Gasteiger partial charge in [-0.3, -0.25) is 19.3 Å². The number of imide groups is 1. The molecule has 156 valence electrons. The topological polar surface area (TPSA) is 66.5 Å². The third-order valence-electron chi connectivity index (χ3n) is 5.66. The van der Waals surface area contributed by atoms with Crippen LogP contribution in [0.1, 0.15) is 44.7 Å². The van der Waals surface area contributed by atoms with Gasteiger partial charge in [-0.15, -0.1) is 0 Å². The third kappa shape index (κ3) is 4.26. The molecule has 4 rings (SSSR count). The number of benzene rings is 3. The second-order valence-corrected chi connectivity index (χ2v) is 7.79. The first-order chi connectivity index (χ1) is 15.1. The average molecular weight is 412 g/mol. The minimum Gasteiger partial charge on any atom is -0.354 e. The van der Waals surface area contributed by atoms with Gasteiger partial charge in [-0.2, -0.15) is 0 Å². The molecule has 0 unspecified atom stereocenters. The van der Waals surface area contributed by atoms with E-state index in [1.165, 1.54) is 0 Å². The van der Waals surface area contributed by atoms with Crippen molar-refractivity contribution in [3.05, 3.63) is 107 Å². The molecule has 0 bridgehead atoms. The normalized spacial score (nSPS) is 14.8. The second-order valence-electron chi connectivity index (χ2n) is 7.79. The van der Waals surface area contributed by atoms with E-state index >= 15 is 0 Å². The fourth-order valence-corrected chi connectivity index (χ4v) is 3.90. The molecule has 1 heterocycles. The Bertz CT molecular complexity index is 1060. The van der Waals surface area contributed by atoms with Crippen LogP contribution in [0.3, 0.4) is 0 Å². The maximum absolute atomic E-state index is 13.3. The van der Waals surface area contributed by atoms with Crippen molar-refractivity contribution in [2.24, 2.45) is 0 Å². The first kappa shape index (κ1) is 20.5. The van der Waals surface area contributed by atoms with Crippen LogP contribution in [0.25, 0.3) is 0 Å². The first-order valence-electron chi connectivity index (χ1n) is 10.4. The van der Waals surface area contributed by atoms with Gasteiger partial charge in [0.2, 0.25) is 5.91 Å². The maximum atomic E-state index is 13.3. The Labute approximate surface area is 181 Å². The van der Waals surface area contributed by atoms with Gasteiger partial charge in [0.1, 0.15) is 6.04 Å². The molecular weight excluding hydrogens is 388 g/mol. The summed E-state index contributed by atoms with van der Waals surface area (Å²) >= 11 is 0. The van der Waals surface area contributed by atoms with Crippen molar-refractivity contribution in [1.29, 1.82) is 0 Å². The zero-order valence-corrected chi connectivity index (χ0v) is 17.3. The summed E-state index contributed by atoms with van der Waals surface area (Å²) in [5.74, 6) is -1.08. The fourth-order valence-electron chi connectivity index (χ4n) is 3.90. The Morgan fingerprint density at radius 1 is 0.806 bits per heavy atom. The lowest BCUT2D eigenvalue weighted by molar-refractivity contribution is -0.125. The number of carbonyl (C=O) groups is 3. The summed E-state index contributed by atoms with van der Waals surface area (Å²) in [5.41, 5.74) is 2.69. The molecule has 0 spiro atoms. The van der Waals surface area contributed by atoms with Crippen LogP contribution in [0.5, 0.6) is 0 Å². The minimum absolute atomic E-state index is 0.102. The van der Waals surface area contributed by atoms with Gasteiger partial charge in [0.25, 0.3) is 11.8 Å². The van der Waals surface area contributed by atoms with E-state index in [1.807, 2.05) is 67.6 Å². The van der Waals surface area contributed by atoms with Crippen molar-refractivity contribution in [3.63, 3.8) is 0 Å². The van der Waals surface area contributed by atoms with Crippen molar-refractivity contribution in [3.8, 4) is 0 Å². The van der Waals surface area contributed by atoms with Crippen molar-refractivity contribution in [1.82, 2.24) is 10.2 Å². The van der Waals surface area contributed by atoms with Gasteiger partial charge in [0.05, 0.1) is 11.1 Å². The summed E-state index contributed by atoms with van der Waals surface area (Å²) in [6.07, 6.45) is 0.262. The van der Waals surface area contributed by atoms with Crippen LogP contribution in [0, 0.1) is 0 Å². The molecule has 1 aliphatic heterocycles. The number of hydrogen-bond acceptors (Lipinski definition) is 3. The lowest BCUT2D eigenvalue weighted by atomic mass is 10.0. The Balaban J connectivity index is 1.57. The Morgan fingerprint density at radius 3 is 1.90 bits per heavy atom. The van der Waals surface area contributed by atoms with Gasteiger partial charge in [0.15, 0.2) is 0 Å². The van der Waals surface area contributed by atoms with E-state index in [2.05, 4.69) is 5.32 Å². The van der Waals surface area contributed by atoms with Gasteiger partial charge >= 0.3 is 0 Å². The molecule has 1 aliphatic rings. The molecule has 5 heteroatoms. The van der Waals surface area contributed by atoms with Crippen molar-refractivity contribution in [2.45, 2.75) is 25.3 Å². The fraction of sp³-hybridized carbons (Fsp3) is 0.192. The number of nitrogens with zero attached hydrogens (tertiary/aromatic N) is 1. The number of hydrogen-bond donors (Lipinski definition) is 1. The summed E-state index contributed by atoms with van der Waals surface area (Å²) < 4.78 is 0. The second kappa shape index (κ2) is 8.96. The molecule has 0 saturated heterocycles. The standard InChI is InChI=1S/C26H24N2O3/c1-18(20-12-6-3-7-13-20)17-27-24(29)23(16-19-10-4-2-5-11-19)28-25(30)21-14-8-9-15-22(21)26(28)31/h2-15,18,23H,16-17H2,1H3,(H,27,29)/t18-,23-/m0/s1. The Morgan fingerprint density at radius 2 is 1.32 bits per heavy atom. The average Bonchev–Trinajstić information content (AvgIpc) is 3.07. The highest BCUT2D eigenvalue weighted by molar-refractivity contribution is 6.22. The van der Waals surface area contributed by atoms with Gasteiger partial charge in [-0.1, -0.05) is 79.7 Å². The minimum atomic E-state index is -0.919. The predicted molar refractivity (Wildman–Crippen MR) is 119 cm³/mol. The first-order valence-corrected chi connectivity index (χ1v) is 10.4. The number of rotatable bonds is 7. The zero-order chi connectivity index (χ0) is 21.8. The molecule has 5 nitrogen and oxygen atoms in total. The maximum Gasteiger partial charge on any atom is 0.262 e. The van der Waals surface area contributed by atoms with E-state index < -0.39 is 17.9 Å². The van der Waals surface area contributed by atoms with Crippen LogP contribution in [0.15, 0.2) is 84.9 Å². The lowest BCUT2D eigenvalue weighted by Crippen LogP contribution is -2.51. The predicted octanol–water partition coefficient (Wildman–Crippen LogP) is 3.81. The number of amides is 3. The molecule has 0 radical (unpaired) electrons. The molecule has 3 aromatic carbocycles.